The van der Waals surface area contributed by atoms with Crippen LogP contribution in [0.15, 0.2) is 0 Å². The van der Waals surface area contributed by atoms with Gasteiger partial charge in [0.15, 0.2) is 0 Å². The van der Waals surface area contributed by atoms with Gasteiger partial charge in [-0.3, -0.25) is 4.79 Å². The second kappa shape index (κ2) is 6.33. The number of carboxylic acid groups (broad SMARTS) is 1. The van der Waals surface area contributed by atoms with Gasteiger partial charge in [0, 0.05) is 0 Å². The van der Waals surface area contributed by atoms with E-state index >= 15 is 0 Å². The summed E-state index contributed by atoms with van der Waals surface area (Å²) in [5, 5.41) is 8.97. The van der Waals surface area contributed by atoms with Crippen molar-refractivity contribution >= 4 is 17.7 Å². The monoisotopic (exact) mass is 216 g/mol. The van der Waals surface area contributed by atoms with E-state index in [4.69, 9.17) is 5.11 Å². The lowest BCUT2D eigenvalue weighted by molar-refractivity contribution is -0.137. The van der Waals surface area contributed by atoms with Crippen LogP contribution in [0.2, 0.25) is 0 Å². The SMILES string of the molecule is CCSC(C(=O)O)C1CCCCCC1. The minimum absolute atomic E-state index is 0.155. The van der Waals surface area contributed by atoms with Gasteiger partial charge in [0.25, 0.3) is 0 Å². The van der Waals surface area contributed by atoms with E-state index < -0.39 is 5.97 Å². The maximum absolute atomic E-state index is 11.1. The third-order valence-electron chi connectivity index (χ3n) is 2.92. The molecule has 0 aromatic rings. The largest absolute Gasteiger partial charge is 0.480 e. The van der Waals surface area contributed by atoms with Crippen LogP contribution in [0.3, 0.4) is 0 Å². The minimum Gasteiger partial charge on any atom is -0.480 e. The molecule has 0 amide bonds. The van der Waals surface area contributed by atoms with Gasteiger partial charge in [-0.2, -0.15) is 0 Å². The quantitative estimate of drug-likeness (QED) is 0.733. The number of carbonyl (C=O) groups is 1. The van der Waals surface area contributed by atoms with E-state index in [-0.39, 0.29) is 5.25 Å². The predicted molar refractivity (Wildman–Crippen MR) is 60.7 cm³/mol. The zero-order valence-electron chi connectivity index (χ0n) is 8.87. The van der Waals surface area contributed by atoms with Crippen LogP contribution in [0.4, 0.5) is 0 Å². The Kier molecular flexibility index (Phi) is 5.38. The molecule has 2 nitrogen and oxygen atoms in total. The highest BCUT2D eigenvalue weighted by atomic mass is 32.2. The van der Waals surface area contributed by atoms with Crippen molar-refractivity contribution < 1.29 is 9.90 Å². The van der Waals surface area contributed by atoms with Gasteiger partial charge in [-0.25, -0.2) is 0 Å². The van der Waals surface area contributed by atoms with Gasteiger partial charge in [0.1, 0.15) is 5.25 Å². The van der Waals surface area contributed by atoms with Gasteiger partial charge in [-0.1, -0.05) is 32.6 Å². The number of hydrogen-bond donors (Lipinski definition) is 1. The molecule has 1 rings (SSSR count). The van der Waals surface area contributed by atoms with Crippen molar-refractivity contribution in [1.82, 2.24) is 0 Å². The van der Waals surface area contributed by atoms with Gasteiger partial charge in [0.05, 0.1) is 0 Å². The Labute approximate surface area is 90.5 Å². The van der Waals surface area contributed by atoms with Crippen molar-refractivity contribution in [3.05, 3.63) is 0 Å². The molecule has 0 saturated heterocycles. The summed E-state index contributed by atoms with van der Waals surface area (Å²) < 4.78 is 0. The lowest BCUT2D eigenvalue weighted by Crippen LogP contribution is -2.26. The lowest BCUT2D eigenvalue weighted by Gasteiger charge is -2.21. The number of thioether (sulfide) groups is 1. The Morgan fingerprint density at radius 2 is 1.93 bits per heavy atom. The first-order valence-electron chi connectivity index (χ1n) is 5.60. The van der Waals surface area contributed by atoms with Crippen LogP contribution in [0.5, 0.6) is 0 Å². The van der Waals surface area contributed by atoms with E-state index in [2.05, 4.69) is 0 Å². The van der Waals surface area contributed by atoms with Crippen molar-refractivity contribution in [3.8, 4) is 0 Å². The molecular weight excluding hydrogens is 196 g/mol. The molecule has 0 spiro atoms. The summed E-state index contributed by atoms with van der Waals surface area (Å²) >= 11 is 1.60. The van der Waals surface area contributed by atoms with Crippen molar-refractivity contribution in [1.29, 1.82) is 0 Å². The first-order valence-corrected chi connectivity index (χ1v) is 6.65. The Bertz CT molecular complexity index is 174. The number of hydrogen-bond acceptors (Lipinski definition) is 2. The highest BCUT2D eigenvalue weighted by Gasteiger charge is 2.28. The average molecular weight is 216 g/mol. The minimum atomic E-state index is -0.608. The molecule has 1 saturated carbocycles. The molecule has 3 heteroatoms. The average Bonchev–Trinajstić information content (AvgIpc) is 2.41. The van der Waals surface area contributed by atoms with Gasteiger partial charge in [-0.05, 0) is 24.5 Å². The maximum atomic E-state index is 11.1. The van der Waals surface area contributed by atoms with Crippen molar-refractivity contribution in [2.24, 2.45) is 5.92 Å². The van der Waals surface area contributed by atoms with Gasteiger partial charge >= 0.3 is 5.97 Å². The topological polar surface area (TPSA) is 37.3 Å². The molecule has 0 aromatic heterocycles. The van der Waals surface area contributed by atoms with Gasteiger partial charge in [0.2, 0.25) is 0 Å². The van der Waals surface area contributed by atoms with E-state index in [1.807, 2.05) is 6.92 Å². The second-order valence-corrected chi connectivity index (χ2v) is 5.38. The molecule has 1 aliphatic carbocycles. The third-order valence-corrected chi connectivity index (χ3v) is 4.20. The molecule has 82 valence electrons. The normalized spacial score (nSPS) is 21.5. The third kappa shape index (κ3) is 3.52. The Morgan fingerprint density at radius 3 is 2.36 bits per heavy atom. The van der Waals surface area contributed by atoms with E-state index in [9.17, 15) is 4.79 Å². The molecule has 0 aromatic carbocycles. The highest BCUT2D eigenvalue weighted by molar-refractivity contribution is 8.00. The Balaban J connectivity index is 2.51. The molecule has 1 aliphatic rings. The smallest absolute Gasteiger partial charge is 0.316 e. The van der Waals surface area contributed by atoms with Crippen LogP contribution >= 0.6 is 11.8 Å². The van der Waals surface area contributed by atoms with E-state index in [1.165, 1.54) is 25.7 Å². The molecule has 1 fully saturated rings. The molecule has 1 unspecified atom stereocenters. The van der Waals surface area contributed by atoms with E-state index in [0.29, 0.717) is 5.92 Å². The summed E-state index contributed by atoms with van der Waals surface area (Å²) in [6, 6.07) is 0. The summed E-state index contributed by atoms with van der Waals surface area (Å²) in [7, 11) is 0. The molecule has 14 heavy (non-hydrogen) atoms. The van der Waals surface area contributed by atoms with Crippen molar-refractivity contribution in [2.45, 2.75) is 50.7 Å². The van der Waals surface area contributed by atoms with Crippen LogP contribution in [0.1, 0.15) is 45.4 Å². The summed E-state index contributed by atoms with van der Waals surface area (Å²) in [5.74, 6) is 0.719. The molecule has 0 aliphatic heterocycles. The first kappa shape index (κ1) is 11.9. The van der Waals surface area contributed by atoms with Crippen molar-refractivity contribution in [2.75, 3.05) is 5.75 Å². The Morgan fingerprint density at radius 1 is 1.36 bits per heavy atom. The number of aliphatic carboxylic acids is 1. The van der Waals surface area contributed by atoms with E-state index in [1.54, 1.807) is 11.8 Å². The summed E-state index contributed by atoms with van der Waals surface area (Å²) in [5.41, 5.74) is 0. The molecule has 0 heterocycles. The molecule has 0 radical (unpaired) electrons. The van der Waals surface area contributed by atoms with Crippen LogP contribution in [-0.2, 0) is 4.79 Å². The molecule has 1 atom stereocenters. The fraction of sp³-hybridized carbons (Fsp3) is 0.909. The van der Waals surface area contributed by atoms with Crippen molar-refractivity contribution in [3.63, 3.8) is 0 Å². The van der Waals surface area contributed by atoms with Gasteiger partial charge in [-0.15, -0.1) is 11.8 Å². The van der Waals surface area contributed by atoms with Crippen LogP contribution in [-0.4, -0.2) is 22.1 Å². The van der Waals surface area contributed by atoms with Crippen LogP contribution < -0.4 is 0 Å². The predicted octanol–water partition coefficient (Wildman–Crippen LogP) is 3.16. The summed E-state index contributed by atoms with van der Waals surface area (Å²) in [6.07, 6.45) is 7.25. The molecule has 1 N–H and O–H groups in total. The highest BCUT2D eigenvalue weighted by Crippen LogP contribution is 2.31. The van der Waals surface area contributed by atoms with Crippen LogP contribution in [0.25, 0.3) is 0 Å². The second-order valence-electron chi connectivity index (χ2n) is 3.97. The molecular formula is C11H20O2S. The fourth-order valence-electron chi connectivity index (χ4n) is 2.20. The molecule has 0 bridgehead atoms. The number of carboxylic acids is 1. The van der Waals surface area contributed by atoms with Crippen LogP contribution in [0, 0.1) is 5.92 Å². The maximum Gasteiger partial charge on any atom is 0.316 e. The first-order chi connectivity index (χ1) is 6.75. The Hall–Kier alpha value is -0.180. The summed E-state index contributed by atoms with van der Waals surface area (Å²) in [4.78, 5) is 11.1. The number of rotatable bonds is 4. The van der Waals surface area contributed by atoms with E-state index in [0.717, 1.165) is 18.6 Å². The zero-order chi connectivity index (χ0) is 10.4. The zero-order valence-corrected chi connectivity index (χ0v) is 9.68. The standard InChI is InChI=1S/C11H20O2S/c1-2-14-10(11(12)13)9-7-5-3-4-6-8-9/h9-10H,2-8H2,1H3,(H,12,13). The summed E-state index contributed by atoms with van der Waals surface area (Å²) in [6.45, 7) is 2.04. The van der Waals surface area contributed by atoms with Gasteiger partial charge < -0.3 is 5.11 Å². The fourth-order valence-corrected chi connectivity index (χ4v) is 3.25. The lowest BCUT2D eigenvalue weighted by atomic mass is 9.96.